The molecule has 0 aliphatic carbocycles. The molecule has 1 aliphatic heterocycles. The van der Waals surface area contributed by atoms with Crippen molar-refractivity contribution >= 4 is 17.5 Å². The molecular weight excluding hydrogens is 324 g/mol. The Labute approximate surface area is 154 Å². The fourth-order valence-electron chi connectivity index (χ4n) is 2.92. The SMILES string of the molecule is O=C(CN1CCCCCC1=O)Nc1cccc(C#Cc2ccccc2)c1. The molecule has 2 aromatic carbocycles. The van der Waals surface area contributed by atoms with Gasteiger partial charge in [0.2, 0.25) is 11.8 Å². The highest BCUT2D eigenvalue weighted by atomic mass is 16.2. The van der Waals surface area contributed by atoms with Gasteiger partial charge >= 0.3 is 0 Å². The Hall–Kier alpha value is -3.06. The molecule has 4 nitrogen and oxygen atoms in total. The van der Waals surface area contributed by atoms with Gasteiger partial charge in [0.25, 0.3) is 0 Å². The number of rotatable bonds is 3. The lowest BCUT2D eigenvalue weighted by atomic mass is 10.1. The Balaban J connectivity index is 1.62. The highest BCUT2D eigenvalue weighted by molar-refractivity contribution is 5.94. The van der Waals surface area contributed by atoms with Gasteiger partial charge < -0.3 is 10.2 Å². The van der Waals surface area contributed by atoms with E-state index in [1.807, 2.05) is 54.6 Å². The smallest absolute Gasteiger partial charge is 0.243 e. The Morgan fingerprint density at radius 2 is 1.73 bits per heavy atom. The summed E-state index contributed by atoms with van der Waals surface area (Å²) in [6, 6.07) is 17.2. The van der Waals surface area contributed by atoms with Crippen LogP contribution in [0.3, 0.4) is 0 Å². The average molecular weight is 346 g/mol. The van der Waals surface area contributed by atoms with Crippen LogP contribution in [0.15, 0.2) is 54.6 Å². The minimum absolute atomic E-state index is 0.0696. The fraction of sp³-hybridized carbons (Fsp3) is 0.273. The monoisotopic (exact) mass is 346 g/mol. The lowest BCUT2D eigenvalue weighted by Gasteiger charge is -2.19. The second-order valence-electron chi connectivity index (χ2n) is 6.37. The normalized spacial score (nSPS) is 14.2. The van der Waals surface area contributed by atoms with Crippen LogP contribution in [0.5, 0.6) is 0 Å². The van der Waals surface area contributed by atoms with Gasteiger partial charge in [-0.25, -0.2) is 0 Å². The number of benzene rings is 2. The molecular formula is C22H22N2O2. The summed E-state index contributed by atoms with van der Waals surface area (Å²) in [6.45, 7) is 0.771. The van der Waals surface area contributed by atoms with Crippen LogP contribution in [0, 0.1) is 11.8 Å². The molecule has 26 heavy (non-hydrogen) atoms. The molecule has 1 N–H and O–H groups in total. The van der Waals surface area contributed by atoms with Crippen molar-refractivity contribution in [3.05, 3.63) is 65.7 Å². The summed E-state index contributed by atoms with van der Waals surface area (Å²) in [5.41, 5.74) is 2.47. The third kappa shape index (κ3) is 5.22. The predicted octanol–water partition coefficient (Wildman–Crippen LogP) is 3.43. The zero-order valence-electron chi connectivity index (χ0n) is 14.7. The summed E-state index contributed by atoms with van der Waals surface area (Å²) in [7, 11) is 0. The molecule has 0 aromatic heterocycles. The number of carbonyl (C=O) groups is 2. The van der Waals surface area contributed by atoms with Crippen LogP contribution in [0.1, 0.15) is 36.8 Å². The van der Waals surface area contributed by atoms with E-state index in [4.69, 9.17) is 0 Å². The van der Waals surface area contributed by atoms with E-state index in [2.05, 4.69) is 17.2 Å². The van der Waals surface area contributed by atoms with Crippen molar-refractivity contribution in [2.75, 3.05) is 18.4 Å². The first kappa shape index (κ1) is 17.8. The molecule has 132 valence electrons. The van der Waals surface area contributed by atoms with Gasteiger partial charge in [-0.3, -0.25) is 9.59 Å². The molecule has 1 saturated heterocycles. The molecule has 1 aliphatic rings. The van der Waals surface area contributed by atoms with Crippen LogP contribution in [0.4, 0.5) is 5.69 Å². The van der Waals surface area contributed by atoms with Gasteiger partial charge in [-0.2, -0.15) is 0 Å². The van der Waals surface area contributed by atoms with E-state index in [-0.39, 0.29) is 18.4 Å². The van der Waals surface area contributed by atoms with Crippen LogP contribution in [0.25, 0.3) is 0 Å². The Bertz CT molecular complexity index is 834. The largest absolute Gasteiger partial charge is 0.333 e. The van der Waals surface area contributed by atoms with Gasteiger partial charge in [-0.15, -0.1) is 0 Å². The second kappa shape index (κ2) is 8.87. The van der Waals surface area contributed by atoms with E-state index in [1.165, 1.54) is 0 Å². The third-order valence-electron chi connectivity index (χ3n) is 4.28. The van der Waals surface area contributed by atoms with Crippen LogP contribution in [-0.4, -0.2) is 29.8 Å². The Kier molecular flexibility index (Phi) is 6.05. The van der Waals surface area contributed by atoms with Gasteiger partial charge in [0, 0.05) is 29.8 Å². The lowest BCUT2D eigenvalue weighted by molar-refractivity contribution is -0.134. The summed E-state index contributed by atoms with van der Waals surface area (Å²) >= 11 is 0. The van der Waals surface area contributed by atoms with Crippen LogP contribution < -0.4 is 5.32 Å². The fourth-order valence-corrected chi connectivity index (χ4v) is 2.92. The van der Waals surface area contributed by atoms with Crippen LogP contribution in [-0.2, 0) is 9.59 Å². The molecule has 0 atom stereocenters. The Morgan fingerprint density at radius 1 is 0.962 bits per heavy atom. The molecule has 2 amide bonds. The topological polar surface area (TPSA) is 49.4 Å². The lowest BCUT2D eigenvalue weighted by Crippen LogP contribution is -2.37. The molecule has 1 heterocycles. The minimum Gasteiger partial charge on any atom is -0.333 e. The molecule has 0 bridgehead atoms. The molecule has 0 radical (unpaired) electrons. The Morgan fingerprint density at radius 3 is 2.58 bits per heavy atom. The number of hydrogen-bond acceptors (Lipinski definition) is 2. The van der Waals surface area contributed by atoms with Crippen molar-refractivity contribution in [2.45, 2.75) is 25.7 Å². The maximum atomic E-state index is 12.3. The first-order chi connectivity index (χ1) is 12.7. The van der Waals surface area contributed by atoms with E-state index in [0.29, 0.717) is 18.7 Å². The quantitative estimate of drug-likeness (QED) is 0.866. The molecule has 0 saturated carbocycles. The molecule has 2 aromatic rings. The zero-order valence-corrected chi connectivity index (χ0v) is 14.7. The van der Waals surface area contributed by atoms with Crippen LogP contribution >= 0.6 is 0 Å². The summed E-state index contributed by atoms with van der Waals surface area (Å²) in [5, 5.41) is 2.87. The average Bonchev–Trinajstić information content (AvgIpc) is 2.85. The minimum atomic E-state index is -0.173. The van der Waals surface area contributed by atoms with E-state index >= 15 is 0 Å². The zero-order chi connectivity index (χ0) is 18.2. The van der Waals surface area contributed by atoms with Gasteiger partial charge in [-0.1, -0.05) is 42.5 Å². The van der Waals surface area contributed by atoms with Crippen molar-refractivity contribution in [2.24, 2.45) is 0 Å². The highest BCUT2D eigenvalue weighted by Crippen LogP contribution is 2.13. The van der Waals surface area contributed by atoms with E-state index < -0.39 is 0 Å². The summed E-state index contributed by atoms with van der Waals surface area (Å²) < 4.78 is 0. The van der Waals surface area contributed by atoms with E-state index in [1.54, 1.807) is 4.90 Å². The highest BCUT2D eigenvalue weighted by Gasteiger charge is 2.19. The van der Waals surface area contributed by atoms with E-state index in [9.17, 15) is 9.59 Å². The van der Waals surface area contributed by atoms with Gasteiger partial charge in [0.1, 0.15) is 0 Å². The van der Waals surface area contributed by atoms with Crippen molar-refractivity contribution in [3.63, 3.8) is 0 Å². The first-order valence-corrected chi connectivity index (χ1v) is 8.95. The number of amides is 2. The molecule has 0 spiro atoms. The van der Waals surface area contributed by atoms with Gasteiger partial charge in [0.05, 0.1) is 6.54 Å². The van der Waals surface area contributed by atoms with Gasteiger partial charge in [0.15, 0.2) is 0 Å². The number of likely N-dealkylation sites (tertiary alicyclic amines) is 1. The number of nitrogens with one attached hydrogen (secondary N) is 1. The van der Waals surface area contributed by atoms with E-state index in [0.717, 1.165) is 30.4 Å². The first-order valence-electron chi connectivity index (χ1n) is 8.95. The predicted molar refractivity (Wildman–Crippen MR) is 103 cm³/mol. The number of carbonyl (C=O) groups excluding carboxylic acids is 2. The maximum absolute atomic E-state index is 12.3. The maximum Gasteiger partial charge on any atom is 0.243 e. The van der Waals surface area contributed by atoms with Crippen molar-refractivity contribution < 1.29 is 9.59 Å². The molecule has 1 fully saturated rings. The molecule has 3 rings (SSSR count). The number of hydrogen-bond donors (Lipinski definition) is 1. The third-order valence-corrected chi connectivity index (χ3v) is 4.28. The van der Waals surface area contributed by atoms with Crippen molar-refractivity contribution in [1.29, 1.82) is 0 Å². The van der Waals surface area contributed by atoms with Crippen LogP contribution in [0.2, 0.25) is 0 Å². The molecule has 4 heteroatoms. The molecule has 0 unspecified atom stereocenters. The van der Waals surface area contributed by atoms with Crippen molar-refractivity contribution in [1.82, 2.24) is 4.90 Å². The second-order valence-corrected chi connectivity index (χ2v) is 6.37. The summed E-state index contributed by atoms with van der Waals surface area (Å²) in [4.78, 5) is 25.9. The summed E-state index contributed by atoms with van der Waals surface area (Å²) in [5.74, 6) is 6.11. The number of anilines is 1. The summed E-state index contributed by atoms with van der Waals surface area (Å²) in [6.07, 6.45) is 3.46. The standard InChI is InChI=1S/C22H22N2O2/c25-21(17-24-15-6-2-5-12-22(24)26)23-20-11-7-10-19(16-20)14-13-18-8-3-1-4-9-18/h1,3-4,7-11,16H,2,5-6,12,15,17H2,(H,23,25). The van der Waals surface area contributed by atoms with Crippen molar-refractivity contribution in [3.8, 4) is 11.8 Å². The number of nitrogens with zero attached hydrogens (tertiary/aromatic N) is 1. The van der Waals surface area contributed by atoms with Gasteiger partial charge in [-0.05, 0) is 43.2 Å².